The van der Waals surface area contributed by atoms with Gasteiger partial charge in [-0.25, -0.2) is 0 Å². The van der Waals surface area contributed by atoms with Gasteiger partial charge in [0.05, 0.1) is 17.2 Å². The summed E-state index contributed by atoms with van der Waals surface area (Å²) in [4.78, 5) is 14.2. The van der Waals surface area contributed by atoms with Crippen molar-refractivity contribution in [2.45, 2.75) is 19.4 Å². The molecule has 1 aromatic rings. The van der Waals surface area contributed by atoms with Gasteiger partial charge in [0.25, 0.3) is 5.69 Å². The second-order valence-corrected chi connectivity index (χ2v) is 3.78. The third-order valence-corrected chi connectivity index (χ3v) is 2.61. The lowest BCUT2D eigenvalue weighted by atomic mass is 10.1. The van der Waals surface area contributed by atoms with Crippen molar-refractivity contribution in [3.8, 4) is 5.75 Å². The van der Waals surface area contributed by atoms with Crippen LogP contribution in [0.2, 0.25) is 0 Å². The Morgan fingerprint density at radius 2 is 2.50 bits per heavy atom. The van der Waals surface area contributed by atoms with Crippen LogP contribution in [0.15, 0.2) is 12.3 Å². The molecule has 6 heteroatoms. The topological polar surface area (TPSA) is 77.3 Å². The summed E-state index contributed by atoms with van der Waals surface area (Å²) in [5.74, 6) is 0.450. The van der Waals surface area contributed by atoms with E-state index >= 15 is 0 Å². The number of nitrogens with one attached hydrogen (secondary N) is 1. The van der Waals surface area contributed by atoms with Crippen LogP contribution in [0.4, 0.5) is 5.69 Å². The molecule has 1 unspecified atom stereocenters. The van der Waals surface area contributed by atoms with Crippen LogP contribution in [0, 0.1) is 17.0 Å². The second kappa shape index (κ2) is 4.44. The van der Waals surface area contributed by atoms with Gasteiger partial charge in [0.15, 0.2) is 0 Å². The van der Waals surface area contributed by atoms with Gasteiger partial charge < -0.3 is 10.1 Å². The normalized spacial score (nSPS) is 18.9. The Bertz CT molecular complexity index is 404. The Hall–Kier alpha value is -1.69. The minimum absolute atomic E-state index is 0.000862. The van der Waals surface area contributed by atoms with E-state index in [9.17, 15) is 10.1 Å². The molecule has 2 rings (SSSR count). The number of hydrogen-bond donors (Lipinski definition) is 1. The predicted molar refractivity (Wildman–Crippen MR) is 57.5 cm³/mol. The molecule has 0 bridgehead atoms. The van der Waals surface area contributed by atoms with Gasteiger partial charge in [-0.1, -0.05) is 0 Å². The maximum absolute atomic E-state index is 10.7. The fraction of sp³-hybridized carbons (Fsp3) is 0.500. The van der Waals surface area contributed by atoms with Crippen molar-refractivity contribution in [3.63, 3.8) is 0 Å². The van der Waals surface area contributed by atoms with E-state index in [1.165, 1.54) is 12.3 Å². The van der Waals surface area contributed by atoms with Crippen LogP contribution in [0.25, 0.3) is 0 Å². The second-order valence-electron chi connectivity index (χ2n) is 3.78. The van der Waals surface area contributed by atoms with E-state index in [1.807, 2.05) is 0 Å². The lowest BCUT2D eigenvalue weighted by molar-refractivity contribution is -0.385. The zero-order valence-electron chi connectivity index (χ0n) is 8.97. The molecule has 0 amide bonds. The number of hydrogen-bond acceptors (Lipinski definition) is 5. The fourth-order valence-corrected chi connectivity index (χ4v) is 1.45. The highest BCUT2D eigenvalue weighted by Crippen LogP contribution is 2.21. The van der Waals surface area contributed by atoms with Gasteiger partial charge in [0.2, 0.25) is 0 Å². The lowest BCUT2D eigenvalue weighted by Crippen LogP contribution is -2.46. The first-order chi connectivity index (χ1) is 7.66. The van der Waals surface area contributed by atoms with Crippen LogP contribution in [-0.4, -0.2) is 29.1 Å². The highest BCUT2D eigenvalue weighted by Gasteiger charge is 2.18. The van der Waals surface area contributed by atoms with Gasteiger partial charge in [0, 0.05) is 6.04 Å². The van der Waals surface area contributed by atoms with E-state index in [4.69, 9.17) is 4.74 Å². The Labute approximate surface area is 92.8 Å². The van der Waals surface area contributed by atoms with Gasteiger partial charge in [-0.15, -0.1) is 0 Å². The molecule has 6 nitrogen and oxygen atoms in total. The number of pyridine rings is 1. The minimum Gasteiger partial charge on any atom is -0.490 e. The Morgan fingerprint density at radius 1 is 1.75 bits per heavy atom. The predicted octanol–water partition coefficient (Wildman–Crippen LogP) is 1.04. The van der Waals surface area contributed by atoms with Crippen LogP contribution >= 0.6 is 0 Å². The summed E-state index contributed by atoms with van der Waals surface area (Å²) in [6.45, 7) is 3.15. The SMILES string of the molecule is Cc1ncc(OCC2CCN2)cc1[N+](=O)[O-]. The van der Waals surface area contributed by atoms with E-state index in [0.29, 0.717) is 24.1 Å². The Balaban J connectivity index is 2.03. The zero-order chi connectivity index (χ0) is 11.5. The van der Waals surface area contributed by atoms with Gasteiger partial charge in [-0.3, -0.25) is 15.1 Å². The first kappa shape index (κ1) is 10.8. The number of nitrogens with zero attached hydrogens (tertiary/aromatic N) is 2. The summed E-state index contributed by atoms with van der Waals surface area (Å²) in [6.07, 6.45) is 2.60. The summed E-state index contributed by atoms with van der Waals surface area (Å²) in [7, 11) is 0. The monoisotopic (exact) mass is 223 g/mol. The van der Waals surface area contributed by atoms with Crippen molar-refractivity contribution in [2.75, 3.05) is 13.2 Å². The molecule has 2 heterocycles. The number of nitro groups is 1. The summed E-state index contributed by atoms with van der Waals surface area (Å²) < 4.78 is 5.43. The number of ether oxygens (including phenoxy) is 1. The molecule has 86 valence electrons. The molecule has 0 saturated carbocycles. The summed E-state index contributed by atoms with van der Waals surface area (Å²) in [5.41, 5.74) is 0.401. The molecule has 1 aliphatic heterocycles. The third kappa shape index (κ3) is 2.27. The van der Waals surface area contributed by atoms with Gasteiger partial charge in [0.1, 0.15) is 18.1 Å². The first-order valence-electron chi connectivity index (χ1n) is 5.14. The summed E-state index contributed by atoms with van der Waals surface area (Å²) >= 11 is 0. The van der Waals surface area contributed by atoms with Crippen LogP contribution in [0.1, 0.15) is 12.1 Å². The fourth-order valence-electron chi connectivity index (χ4n) is 1.45. The van der Waals surface area contributed by atoms with Crippen molar-refractivity contribution in [3.05, 3.63) is 28.1 Å². The maximum Gasteiger partial charge on any atom is 0.294 e. The van der Waals surface area contributed by atoms with Crippen molar-refractivity contribution in [2.24, 2.45) is 0 Å². The van der Waals surface area contributed by atoms with E-state index in [2.05, 4.69) is 10.3 Å². The standard InChI is InChI=1S/C10H13N3O3/c1-7-10(13(14)15)4-9(5-12-7)16-6-8-2-3-11-8/h4-5,8,11H,2-3,6H2,1H3. The smallest absolute Gasteiger partial charge is 0.294 e. The van der Waals surface area contributed by atoms with E-state index in [0.717, 1.165) is 13.0 Å². The average molecular weight is 223 g/mol. The molecule has 0 aliphatic carbocycles. The highest BCUT2D eigenvalue weighted by molar-refractivity contribution is 5.40. The summed E-state index contributed by atoms with van der Waals surface area (Å²) in [5, 5.41) is 13.9. The van der Waals surface area contributed by atoms with Crippen molar-refractivity contribution in [1.82, 2.24) is 10.3 Å². The summed E-state index contributed by atoms with van der Waals surface area (Å²) in [6, 6.07) is 1.78. The van der Waals surface area contributed by atoms with Gasteiger partial charge >= 0.3 is 0 Å². The molecular weight excluding hydrogens is 210 g/mol. The molecule has 1 aliphatic rings. The molecule has 1 saturated heterocycles. The number of aromatic nitrogens is 1. The Kier molecular flexibility index (Phi) is 3.00. The van der Waals surface area contributed by atoms with E-state index in [-0.39, 0.29) is 5.69 Å². The molecule has 0 radical (unpaired) electrons. The first-order valence-corrected chi connectivity index (χ1v) is 5.14. The van der Waals surface area contributed by atoms with Crippen LogP contribution in [0.3, 0.4) is 0 Å². The van der Waals surface area contributed by atoms with Crippen molar-refractivity contribution < 1.29 is 9.66 Å². The Morgan fingerprint density at radius 3 is 3.06 bits per heavy atom. The van der Waals surface area contributed by atoms with Gasteiger partial charge in [-0.2, -0.15) is 0 Å². The molecule has 16 heavy (non-hydrogen) atoms. The zero-order valence-corrected chi connectivity index (χ0v) is 8.97. The third-order valence-electron chi connectivity index (χ3n) is 2.61. The quantitative estimate of drug-likeness (QED) is 0.609. The molecule has 1 aromatic heterocycles. The van der Waals surface area contributed by atoms with Gasteiger partial charge in [-0.05, 0) is 19.9 Å². The van der Waals surface area contributed by atoms with Crippen LogP contribution in [0.5, 0.6) is 5.75 Å². The molecule has 0 spiro atoms. The van der Waals surface area contributed by atoms with Crippen molar-refractivity contribution in [1.29, 1.82) is 0 Å². The molecule has 1 N–H and O–H groups in total. The van der Waals surface area contributed by atoms with Crippen molar-refractivity contribution >= 4 is 5.69 Å². The highest BCUT2D eigenvalue weighted by atomic mass is 16.6. The largest absolute Gasteiger partial charge is 0.490 e. The van der Waals surface area contributed by atoms with E-state index in [1.54, 1.807) is 6.92 Å². The van der Waals surface area contributed by atoms with Crippen LogP contribution in [-0.2, 0) is 0 Å². The van der Waals surface area contributed by atoms with Crippen LogP contribution < -0.4 is 10.1 Å². The number of aryl methyl sites for hydroxylation is 1. The lowest BCUT2D eigenvalue weighted by Gasteiger charge is -2.27. The average Bonchev–Trinajstić information content (AvgIpc) is 2.17. The molecule has 0 aromatic carbocycles. The molecule has 1 atom stereocenters. The molecular formula is C10H13N3O3. The maximum atomic E-state index is 10.7. The number of rotatable bonds is 4. The minimum atomic E-state index is -0.448. The molecule has 1 fully saturated rings. The van der Waals surface area contributed by atoms with E-state index < -0.39 is 4.92 Å².